The van der Waals surface area contributed by atoms with E-state index < -0.39 is 17.6 Å². The summed E-state index contributed by atoms with van der Waals surface area (Å²) in [7, 11) is 1.43. The Morgan fingerprint density at radius 2 is 1.92 bits per heavy atom. The van der Waals surface area contributed by atoms with Crippen LogP contribution in [-0.4, -0.2) is 29.8 Å². The molecule has 2 unspecified atom stereocenters. The molecule has 0 aliphatic carbocycles. The van der Waals surface area contributed by atoms with Crippen molar-refractivity contribution >= 4 is 5.91 Å². The zero-order valence-electron chi connectivity index (χ0n) is 8.00. The molecule has 0 aliphatic rings. The fourth-order valence-electron chi connectivity index (χ4n) is 1.13. The SMILES string of the molecule is COC(C)C(O)(C(N)=O)C(C)C. The molecule has 0 spiro atoms. The molecule has 0 heterocycles. The van der Waals surface area contributed by atoms with Gasteiger partial charge in [0.2, 0.25) is 0 Å². The molecule has 2 atom stereocenters. The fraction of sp³-hybridized carbons (Fsp3) is 0.875. The van der Waals surface area contributed by atoms with Crippen molar-refractivity contribution in [3.63, 3.8) is 0 Å². The summed E-state index contributed by atoms with van der Waals surface area (Å²) >= 11 is 0. The van der Waals surface area contributed by atoms with Crippen molar-refractivity contribution in [2.45, 2.75) is 32.5 Å². The lowest BCUT2D eigenvalue weighted by Crippen LogP contribution is -2.56. The van der Waals surface area contributed by atoms with Crippen molar-refractivity contribution in [3.05, 3.63) is 0 Å². The van der Waals surface area contributed by atoms with Crippen LogP contribution in [0.25, 0.3) is 0 Å². The molecule has 0 saturated carbocycles. The highest BCUT2D eigenvalue weighted by atomic mass is 16.5. The topological polar surface area (TPSA) is 72.6 Å². The first-order chi connectivity index (χ1) is 5.37. The van der Waals surface area contributed by atoms with Gasteiger partial charge >= 0.3 is 0 Å². The molecule has 0 saturated heterocycles. The molecule has 1 amide bonds. The van der Waals surface area contributed by atoms with Gasteiger partial charge in [-0.3, -0.25) is 4.79 Å². The van der Waals surface area contributed by atoms with Gasteiger partial charge in [-0.25, -0.2) is 0 Å². The third-order valence-corrected chi connectivity index (χ3v) is 2.25. The van der Waals surface area contributed by atoms with E-state index in [4.69, 9.17) is 10.5 Å². The number of carbonyl (C=O) groups excluding carboxylic acids is 1. The van der Waals surface area contributed by atoms with E-state index in [1.807, 2.05) is 0 Å². The van der Waals surface area contributed by atoms with Gasteiger partial charge in [-0.15, -0.1) is 0 Å². The molecule has 72 valence electrons. The molecule has 4 nitrogen and oxygen atoms in total. The van der Waals surface area contributed by atoms with Crippen LogP contribution < -0.4 is 5.73 Å². The predicted octanol–water partition coefficient (Wildman–Crippen LogP) is -0.106. The highest BCUT2D eigenvalue weighted by molar-refractivity contribution is 5.84. The van der Waals surface area contributed by atoms with Gasteiger partial charge < -0.3 is 15.6 Å². The van der Waals surface area contributed by atoms with E-state index in [2.05, 4.69) is 0 Å². The molecule has 0 aromatic carbocycles. The van der Waals surface area contributed by atoms with Crippen molar-refractivity contribution in [2.75, 3.05) is 7.11 Å². The molecule has 0 aromatic heterocycles. The number of rotatable bonds is 4. The van der Waals surface area contributed by atoms with E-state index in [-0.39, 0.29) is 5.92 Å². The molecule has 3 N–H and O–H groups in total. The Morgan fingerprint density at radius 3 is 2.00 bits per heavy atom. The van der Waals surface area contributed by atoms with Crippen LogP contribution in [-0.2, 0) is 9.53 Å². The number of hydrogen-bond donors (Lipinski definition) is 2. The Kier molecular flexibility index (Phi) is 3.67. The molecule has 0 aromatic rings. The van der Waals surface area contributed by atoms with Crippen molar-refractivity contribution in [1.82, 2.24) is 0 Å². The molecular formula is C8H17NO3. The number of hydrogen-bond acceptors (Lipinski definition) is 3. The quantitative estimate of drug-likeness (QED) is 0.626. The maximum atomic E-state index is 11.0. The first kappa shape index (κ1) is 11.4. The molecule has 4 heteroatoms. The van der Waals surface area contributed by atoms with Crippen molar-refractivity contribution in [2.24, 2.45) is 11.7 Å². The van der Waals surface area contributed by atoms with Crippen LogP contribution >= 0.6 is 0 Å². The molecule has 0 radical (unpaired) electrons. The zero-order chi connectivity index (χ0) is 9.94. The Hall–Kier alpha value is -0.610. The van der Waals surface area contributed by atoms with E-state index >= 15 is 0 Å². The van der Waals surface area contributed by atoms with Crippen LogP contribution in [0.15, 0.2) is 0 Å². The zero-order valence-corrected chi connectivity index (χ0v) is 8.00. The van der Waals surface area contributed by atoms with E-state index in [0.717, 1.165) is 0 Å². The van der Waals surface area contributed by atoms with Gasteiger partial charge in [-0.05, 0) is 12.8 Å². The van der Waals surface area contributed by atoms with Gasteiger partial charge in [0.05, 0.1) is 6.10 Å². The first-order valence-corrected chi connectivity index (χ1v) is 3.92. The minimum atomic E-state index is -1.57. The number of carbonyl (C=O) groups is 1. The van der Waals surface area contributed by atoms with Crippen molar-refractivity contribution < 1.29 is 14.6 Å². The number of methoxy groups -OCH3 is 1. The highest BCUT2D eigenvalue weighted by Crippen LogP contribution is 2.22. The van der Waals surface area contributed by atoms with Crippen LogP contribution in [0.4, 0.5) is 0 Å². The van der Waals surface area contributed by atoms with Gasteiger partial charge in [0.1, 0.15) is 0 Å². The van der Waals surface area contributed by atoms with Gasteiger partial charge in [0.15, 0.2) is 5.60 Å². The van der Waals surface area contributed by atoms with Crippen LogP contribution in [0.3, 0.4) is 0 Å². The summed E-state index contributed by atoms with van der Waals surface area (Å²) < 4.78 is 4.89. The maximum Gasteiger partial charge on any atom is 0.252 e. The normalized spacial score (nSPS) is 18.8. The minimum absolute atomic E-state index is 0.259. The monoisotopic (exact) mass is 175 g/mol. The molecule has 0 fully saturated rings. The fourth-order valence-corrected chi connectivity index (χ4v) is 1.13. The highest BCUT2D eigenvalue weighted by Gasteiger charge is 2.43. The Balaban J connectivity index is 4.74. The maximum absolute atomic E-state index is 11.0. The van der Waals surface area contributed by atoms with Gasteiger partial charge in [-0.1, -0.05) is 13.8 Å². The van der Waals surface area contributed by atoms with Crippen molar-refractivity contribution in [1.29, 1.82) is 0 Å². The summed E-state index contributed by atoms with van der Waals surface area (Å²) in [6.07, 6.45) is -0.588. The van der Waals surface area contributed by atoms with Gasteiger partial charge in [0, 0.05) is 7.11 Å². The van der Waals surface area contributed by atoms with Crippen LogP contribution in [0.5, 0.6) is 0 Å². The summed E-state index contributed by atoms with van der Waals surface area (Å²) in [6, 6.07) is 0. The van der Waals surface area contributed by atoms with Crippen LogP contribution in [0.1, 0.15) is 20.8 Å². The Labute approximate surface area is 72.7 Å². The molecule has 0 aliphatic heterocycles. The lowest BCUT2D eigenvalue weighted by molar-refractivity contribution is -0.159. The largest absolute Gasteiger partial charge is 0.378 e. The van der Waals surface area contributed by atoms with E-state index in [1.165, 1.54) is 7.11 Å². The lowest BCUT2D eigenvalue weighted by Gasteiger charge is -2.33. The van der Waals surface area contributed by atoms with Gasteiger partial charge in [0.25, 0.3) is 5.91 Å². The van der Waals surface area contributed by atoms with E-state index in [0.29, 0.717) is 0 Å². The summed E-state index contributed by atoms with van der Waals surface area (Å²) in [5, 5.41) is 9.83. The summed E-state index contributed by atoms with van der Waals surface area (Å²) in [5.74, 6) is -1.00. The summed E-state index contributed by atoms with van der Waals surface area (Å²) in [5.41, 5.74) is 3.50. The Bertz CT molecular complexity index is 170. The second-order valence-corrected chi connectivity index (χ2v) is 3.22. The average Bonchev–Trinajstić information content (AvgIpc) is 2.00. The Morgan fingerprint density at radius 1 is 1.50 bits per heavy atom. The molecule has 0 bridgehead atoms. The number of ether oxygens (including phenoxy) is 1. The summed E-state index contributed by atoms with van der Waals surface area (Å²) in [4.78, 5) is 11.0. The minimum Gasteiger partial charge on any atom is -0.378 e. The number of aliphatic hydroxyl groups is 1. The third-order valence-electron chi connectivity index (χ3n) is 2.25. The second kappa shape index (κ2) is 3.87. The van der Waals surface area contributed by atoms with Gasteiger partial charge in [-0.2, -0.15) is 0 Å². The lowest BCUT2D eigenvalue weighted by atomic mass is 9.85. The molecule has 12 heavy (non-hydrogen) atoms. The average molecular weight is 175 g/mol. The summed E-state index contributed by atoms with van der Waals surface area (Å²) in [6.45, 7) is 5.06. The standard InChI is InChI=1S/C8H17NO3/c1-5(2)8(11,7(9)10)6(3)12-4/h5-6,11H,1-4H3,(H2,9,10). The smallest absolute Gasteiger partial charge is 0.252 e. The predicted molar refractivity (Wildman–Crippen MR) is 45.5 cm³/mol. The van der Waals surface area contributed by atoms with E-state index in [1.54, 1.807) is 20.8 Å². The number of primary amides is 1. The first-order valence-electron chi connectivity index (χ1n) is 3.92. The van der Waals surface area contributed by atoms with E-state index in [9.17, 15) is 9.90 Å². The third kappa shape index (κ3) is 1.76. The molecular weight excluding hydrogens is 158 g/mol. The molecule has 0 rings (SSSR count). The number of amides is 1. The second-order valence-electron chi connectivity index (χ2n) is 3.22. The van der Waals surface area contributed by atoms with Crippen LogP contribution in [0, 0.1) is 5.92 Å². The van der Waals surface area contributed by atoms with Crippen LogP contribution in [0.2, 0.25) is 0 Å². The van der Waals surface area contributed by atoms with Crippen molar-refractivity contribution in [3.8, 4) is 0 Å². The number of nitrogens with two attached hydrogens (primary N) is 1.